The molecule has 0 aliphatic heterocycles. The van der Waals surface area contributed by atoms with Crippen LogP contribution in [0.2, 0.25) is 0 Å². The van der Waals surface area contributed by atoms with Crippen molar-refractivity contribution in [1.82, 2.24) is 9.29 Å². The summed E-state index contributed by atoms with van der Waals surface area (Å²) in [5.74, 6) is -0.0263. The van der Waals surface area contributed by atoms with Crippen LogP contribution in [0.4, 0.5) is 0 Å². The molecule has 0 fully saturated rings. The third-order valence-corrected chi connectivity index (χ3v) is 5.33. The fourth-order valence-electron chi connectivity index (χ4n) is 1.81. The van der Waals surface area contributed by atoms with Crippen LogP contribution in [0.1, 0.15) is 16.8 Å². The molecule has 1 heterocycles. The van der Waals surface area contributed by atoms with Crippen LogP contribution in [0.15, 0.2) is 35.2 Å². The molecule has 0 aliphatic rings. The fraction of sp³-hybridized carbons (Fsp3) is 0.308. The van der Waals surface area contributed by atoms with Crippen LogP contribution in [-0.4, -0.2) is 24.8 Å². The van der Waals surface area contributed by atoms with Crippen molar-refractivity contribution in [2.24, 2.45) is 5.73 Å². The third-order valence-electron chi connectivity index (χ3n) is 2.92. The van der Waals surface area contributed by atoms with E-state index in [0.29, 0.717) is 13.1 Å². The summed E-state index contributed by atoms with van der Waals surface area (Å²) in [6, 6.07) is 7.34. The molecule has 0 saturated heterocycles. The number of thiazole rings is 1. The van der Waals surface area contributed by atoms with E-state index in [1.165, 1.54) is 15.6 Å². The lowest BCUT2D eigenvalue weighted by Gasteiger charge is -2.16. The van der Waals surface area contributed by atoms with E-state index in [1.54, 1.807) is 18.6 Å². The summed E-state index contributed by atoms with van der Waals surface area (Å²) in [6.45, 7) is 0.699. The molecule has 7 heteroatoms. The summed E-state index contributed by atoms with van der Waals surface area (Å²) in [6.07, 6.45) is 0. The number of nitrogens with two attached hydrogens (primary N) is 1. The van der Waals surface area contributed by atoms with Crippen LogP contribution in [0, 0.1) is 0 Å². The molecule has 2 rings (SSSR count). The molecule has 1 aromatic heterocycles. The Labute approximate surface area is 123 Å². The highest BCUT2D eigenvalue weighted by atomic mass is 32.2. The summed E-state index contributed by atoms with van der Waals surface area (Å²) in [4.78, 5) is 4.10. The van der Waals surface area contributed by atoms with Gasteiger partial charge in [-0.1, -0.05) is 24.3 Å². The van der Waals surface area contributed by atoms with Crippen molar-refractivity contribution < 1.29 is 8.42 Å². The van der Waals surface area contributed by atoms with Gasteiger partial charge >= 0.3 is 0 Å². The molecule has 20 heavy (non-hydrogen) atoms. The van der Waals surface area contributed by atoms with E-state index in [4.69, 9.17) is 5.73 Å². The Morgan fingerprint density at radius 2 is 2.10 bits per heavy atom. The molecule has 108 valence electrons. The van der Waals surface area contributed by atoms with Gasteiger partial charge in [0.1, 0.15) is 0 Å². The summed E-state index contributed by atoms with van der Waals surface area (Å²) in [5, 5.41) is 1.85. The number of rotatable bonds is 6. The summed E-state index contributed by atoms with van der Waals surface area (Å²) in [7, 11) is -1.79. The van der Waals surface area contributed by atoms with Crippen molar-refractivity contribution in [3.63, 3.8) is 0 Å². The maximum atomic E-state index is 12.3. The Balaban J connectivity index is 2.09. The molecule has 1 aromatic carbocycles. The molecule has 0 bridgehead atoms. The summed E-state index contributed by atoms with van der Waals surface area (Å²) < 4.78 is 25.9. The van der Waals surface area contributed by atoms with Crippen LogP contribution in [-0.2, 0) is 28.9 Å². The largest absolute Gasteiger partial charge is 0.326 e. The van der Waals surface area contributed by atoms with Crippen LogP contribution in [0.5, 0.6) is 0 Å². The maximum Gasteiger partial charge on any atom is 0.218 e. The Hall–Kier alpha value is -1.28. The predicted molar refractivity (Wildman–Crippen MR) is 80.5 cm³/mol. The standard InChI is InChI=1S/C13H17N3O2S2/c1-16(7-13-8-19-10-15-13)20(17,18)9-12-4-2-3-11(5-12)6-14/h2-5,8,10H,6-7,9,14H2,1H3. The second-order valence-corrected chi connectivity index (χ2v) is 7.31. The highest BCUT2D eigenvalue weighted by Crippen LogP contribution is 2.14. The minimum absolute atomic E-state index is 0.0263. The summed E-state index contributed by atoms with van der Waals surface area (Å²) >= 11 is 1.45. The fourth-order valence-corrected chi connectivity index (χ4v) is 3.51. The zero-order valence-corrected chi connectivity index (χ0v) is 12.8. The van der Waals surface area contributed by atoms with Crippen LogP contribution in [0.3, 0.4) is 0 Å². The lowest BCUT2D eigenvalue weighted by Crippen LogP contribution is -2.27. The Kier molecular flexibility index (Phi) is 4.87. The topological polar surface area (TPSA) is 76.3 Å². The lowest BCUT2D eigenvalue weighted by molar-refractivity contribution is 0.462. The quantitative estimate of drug-likeness (QED) is 0.878. The van der Waals surface area contributed by atoms with Gasteiger partial charge in [0.15, 0.2) is 0 Å². The number of benzene rings is 1. The van der Waals surface area contributed by atoms with Crippen molar-refractivity contribution in [2.45, 2.75) is 18.8 Å². The zero-order valence-electron chi connectivity index (χ0n) is 11.2. The zero-order chi connectivity index (χ0) is 14.6. The third kappa shape index (κ3) is 3.86. The van der Waals surface area contributed by atoms with Gasteiger partial charge in [0.2, 0.25) is 10.0 Å². The molecule has 0 atom stereocenters. The van der Waals surface area contributed by atoms with Gasteiger partial charge in [-0.05, 0) is 11.1 Å². The van der Waals surface area contributed by atoms with Gasteiger partial charge in [-0.3, -0.25) is 0 Å². The first-order valence-electron chi connectivity index (χ1n) is 6.10. The van der Waals surface area contributed by atoms with Crippen molar-refractivity contribution in [2.75, 3.05) is 7.05 Å². The van der Waals surface area contributed by atoms with E-state index >= 15 is 0 Å². The number of sulfonamides is 1. The second-order valence-electron chi connectivity index (χ2n) is 4.52. The normalized spacial score (nSPS) is 11.9. The molecule has 2 aromatic rings. The van der Waals surface area contributed by atoms with Crippen molar-refractivity contribution in [1.29, 1.82) is 0 Å². The first kappa shape index (κ1) is 15.1. The molecular weight excluding hydrogens is 294 g/mol. The summed E-state index contributed by atoms with van der Waals surface area (Å²) in [5.41, 5.74) is 9.70. The van der Waals surface area contributed by atoms with Gasteiger partial charge < -0.3 is 5.73 Å². The van der Waals surface area contributed by atoms with Crippen LogP contribution < -0.4 is 5.73 Å². The van der Waals surface area contributed by atoms with E-state index in [0.717, 1.165) is 16.8 Å². The van der Waals surface area contributed by atoms with Crippen molar-refractivity contribution >= 4 is 21.4 Å². The Morgan fingerprint density at radius 1 is 1.35 bits per heavy atom. The van der Waals surface area contributed by atoms with E-state index in [2.05, 4.69) is 4.98 Å². The highest BCUT2D eigenvalue weighted by molar-refractivity contribution is 7.88. The van der Waals surface area contributed by atoms with E-state index in [9.17, 15) is 8.42 Å². The molecule has 0 saturated carbocycles. The molecule has 0 aliphatic carbocycles. The van der Waals surface area contributed by atoms with Gasteiger partial charge in [0.25, 0.3) is 0 Å². The Bertz CT molecular complexity index is 654. The monoisotopic (exact) mass is 311 g/mol. The first-order chi connectivity index (χ1) is 9.51. The van der Waals surface area contributed by atoms with Crippen LogP contribution >= 0.6 is 11.3 Å². The molecule has 5 nitrogen and oxygen atoms in total. The van der Waals surface area contributed by atoms with E-state index in [-0.39, 0.29) is 5.75 Å². The minimum Gasteiger partial charge on any atom is -0.326 e. The van der Waals surface area contributed by atoms with E-state index in [1.807, 2.05) is 23.6 Å². The van der Waals surface area contributed by atoms with Gasteiger partial charge in [-0.25, -0.2) is 13.4 Å². The molecule has 0 amide bonds. The number of aromatic nitrogens is 1. The van der Waals surface area contributed by atoms with Gasteiger partial charge in [0.05, 0.1) is 23.5 Å². The number of hydrogen-bond acceptors (Lipinski definition) is 5. The van der Waals surface area contributed by atoms with Crippen molar-refractivity contribution in [3.05, 3.63) is 52.0 Å². The van der Waals surface area contributed by atoms with E-state index < -0.39 is 10.0 Å². The average Bonchev–Trinajstić information content (AvgIpc) is 2.91. The molecule has 0 unspecified atom stereocenters. The average molecular weight is 311 g/mol. The number of nitrogens with zero attached hydrogens (tertiary/aromatic N) is 2. The smallest absolute Gasteiger partial charge is 0.218 e. The van der Waals surface area contributed by atoms with Crippen LogP contribution in [0.25, 0.3) is 0 Å². The van der Waals surface area contributed by atoms with Crippen molar-refractivity contribution in [3.8, 4) is 0 Å². The second kappa shape index (κ2) is 6.45. The molecular formula is C13H17N3O2S2. The minimum atomic E-state index is -3.36. The van der Waals surface area contributed by atoms with Gasteiger partial charge in [-0.15, -0.1) is 11.3 Å². The lowest BCUT2D eigenvalue weighted by atomic mass is 10.1. The SMILES string of the molecule is CN(Cc1cscn1)S(=O)(=O)Cc1cccc(CN)c1. The molecule has 2 N–H and O–H groups in total. The number of hydrogen-bond donors (Lipinski definition) is 1. The Morgan fingerprint density at radius 3 is 2.75 bits per heavy atom. The van der Waals surface area contributed by atoms with Gasteiger partial charge in [0, 0.05) is 19.0 Å². The first-order valence-corrected chi connectivity index (χ1v) is 8.65. The highest BCUT2D eigenvalue weighted by Gasteiger charge is 2.19. The van der Waals surface area contributed by atoms with Gasteiger partial charge in [-0.2, -0.15) is 4.31 Å². The maximum absolute atomic E-state index is 12.3. The predicted octanol–water partition coefficient (Wildman–Crippen LogP) is 1.56. The molecule has 0 spiro atoms. The molecule has 0 radical (unpaired) electrons.